The van der Waals surface area contributed by atoms with E-state index >= 15 is 0 Å². The summed E-state index contributed by atoms with van der Waals surface area (Å²) in [4.78, 5) is 0. The van der Waals surface area contributed by atoms with Gasteiger partial charge in [-0.25, -0.2) is 0 Å². The Bertz CT molecular complexity index is 560. The summed E-state index contributed by atoms with van der Waals surface area (Å²) in [5.41, 5.74) is 7.34. The maximum atomic E-state index is 6.19. The van der Waals surface area contributed by atoms with Crippen LogP contribution in [0.25, 0.3) is 0 Å². The first-order valence-corrected chi connectivity index (χ1v) is 7.74. The fourth-order valence-corrected chi connectivity index (χ4v) is 2.47. The molecule has 2 aromatic rings. The molecule has 2 rings (SSSR count). The van der Waals surface area contributed by atoms with Crippen LogP contribution in [0.4, 0.5) is 0 Å². The van der Waals surface area contributed by atoms with Crippen molar-refractivity contribution in [2.24, 2.45) is 5.73 Å². The predicted molar refractivity (Wildman–Crippen MR) is 88.9 cm³/mol. The fourth-order valence-electron chi connectivity index (χ4n) is 2.06. The van der Waals surface area contributed by atoms with Crippen LogP contribution in [0.5, 0.6) is 11.5 Å². The third-order valence-corrected chi connectivity index (χ3v) is 4.01. The van der Waals surface area contributed by atoms with E-state index in [1.807, 2.05) is 48.5 Å². The molecular formula is C17H20BrNO2. The third kappa shape index (κ3) is 5.06. The van der Waals surface area contributed by atoms with Gasteiger partial charge < -0.3 is 15.2 Å². The lowest BCUT2D eigenvalue weighted by molar-refractivity contribution is 0.297. The predicted octanol–water partition coefficient (Wildman–Crippen LogP) is 3.80. The molecule has 0 heterocycles. The Morgan fingerprint density at radius 1 is 1.10 bits per heavy atom. The minimum Gasteiger partial charge on any atom is -0.497 e. The van der Waals surface area contributed by atoms with Gasteiger partial charge in [-0.2, -0.15) is 0 Å². The second-order valence-electron chi connectivity index (χ2n) is 4.87. The van der Waals surface area contributed by atoms with Crippen LogP contribution in [-0.4, -0.2) is 19.8 Å². The van der Waals surface area contributed by atoms with E-state index < -0.39 is 0 Å². The van der Waals surface area contributed by atoms with Crippen molar-refractivity contribution < 1.29 is 9.47 Å². The molecule has 0 saturated heterocycles. The van der Waals surface area contributed by atoms with Crippen LogP contribution in [0, 0.1) is 0 Å². The minimum atomic E-state index is 0.0529. The van der Waals surface area contributed by atoms with Crippen LogP contribution >= 0.6 is 15.9 Å². The molecule has 0 aromatic heterocycles. The van der Waals surface area contributed by atoms with Crippen molar-refractivity contribution in [2.75, 3.05) is 13.7 Å². The number of rotatable bonds is 7. The van der Waals surface area contributed by atoms with Crippen molar-refractivity contribution in [2.45, 2.75) is 18.9 Å². The molecule has 0 aliphatic heterocycles. The summed E-state index contributed by atoms with van der Waals surface area (Å²) < 4.78 is 12.0. The van der Waals surface area contributed by atoms with Crippen molar-refractivity contribution in [3.8, 4) is 11.5 Å². The molecule has 0 aliphatic rings. The van der Waals surface area contributed by atoms with Crippen molar-refractivity contribution >= 4 is 15.9 Å². The molecule has 112 valence electrons. The molecule has 0 fully saturated rings. The first-order valence-electron chi connectivity index (χ1n) is 6.95. The average Bonchev–Trinajstić information content (AvgIpc) is 2.50. The first kappa shape index (κ1) is 15.9. The highest BCUT2D eigenvalue weighted by molar-refractivity contribution is 9.10. The molecule has 0 spiro atoms. The highest BCUT2D eigenvalue weighted by atomic mass is 79.9. The van der Waals surface area contributed by atoms with Crippen LogP contribution in [0.15, 0.2) is 53.0 Å². The topological polar surface area (TPSA) is 44.5 Å². The van der Waals surface area contributed by atoms with E-state index in [0.717, 1.165) is 34.4 Å². The van der Waals surface area contributed by atoms with Crippen molar-refractivity contribution in [3.63, 3.8) is 0 Å². The number of hydrogen-bond donors (Lipinski definition) is 1. The summed E-state index contributed by atoms with van der Waals surface area (Å²) in [5, 5.41) is 0. The van der Waals surface area contributed by atoms with E-state index in [4.69, 9.17) is 15.2 Å². The lowest BCUT2D eigenvalue weighted by Gasteiger charge is -2.14. The molecule has 0 amide bonds. The number of nitrogens with two attached hydrogens (primary N) is 1. The highest BCUT2D eigenvalue weighted by Gasteiger charge is 2.09. The summed E-state index contributed by atoms with van der Waals surface area (Å²) in [7, 11) is 1.67. The van der Waals surface area contributed by atoms with E-state index in [2.05, 4.69) is 15.9 Å². The Labute approximate surface area is 134 Å². The second kappa shape index (κ2) is 8.05. The Morgan fingerprint density at radius 2 is 1.86 bits per heavy atom. The van der Waals surface area contributed by atoms with E-state index in [9.17, 15) is 0 Å². The Morgan fingerprint density at radius 3 is 2.57 bits per heavy atom. The first-order chi connectivity index (χ1) is 10.2. The second-order valence-corrected chi connectivity index (χ2v) is 5.73. The SMILES string of the molecule is COc1ccc(Br)c(CC(N)CCOc2ccccc2)c1. The number of ether oxygens (including phenoxy) is 2. The largest absolute Gasteiger partial charge is 0.497 e. The monoisotopic (exact) mass is 349 g/mol. The highest BCUT2D eigenvalue weighted by Crippen LogP contribution is 2.23. The third-order valence-electron chi connectivity index (χ3n) is 3.24. The van der Waals surface area contributed by atoms with Gasteiger partial charge in [0.1, 0.15) is 11.5 Å². The lowest BCUT2D eigenvalue weighted by atomic mass is 10.0. The molecule has 0 saturated carbocycles. The fraction of sp³-hybridized carbons (Fsp3) is 0.294. The van der Waals surface area contributed by atoms with E-state index in [-0.39, 0.29) is 6.04 Å². The van der Waals surface area contributed by atoms with Crippen LogP contribution in [-0.2, 0) is 6.42 Å². The van der Waals surface area contributed by atoms with Gasteiger partial charge in [0.15, 0.2) is 0 Å². The quantitative estimate of drug-likeness (QED) is 0.826. The van der Waals surface area contributed by atoms with Gasteiger partial charge in [-0.15, -0.1) is 0 Å². The van der Waals surface area contributed by atoms with E-state index in [1.54, 1.807) is 7.11 Å². The number of benzene rings is 2. The van der Waals surface area contributed by atoms with Crippen LogP contribution < -0.4 is 15.2 Å². The van der Waals surface area contributed by atoms with Crippen LogP contribution in [0.3, 0.4) is 0 Å². The smallest absolute Gasteiger partial charge is 0.119 e. The zero-order valence-corrected chi connectivity index (χ0v) is 13.7. The van der Waals surface area contributed by atoms with Crippen molar-refractivity contribution in [1.29, 1.82) is 0 Å². The zero-order chi connectivity index (χ0) is 15.1. The molecule has 0 bridgehead atoms. The van der Waals surface area contributed by atoms with E-state index in [0.29, 0.717) is 6.61 Å². The van der Waals surface area contributed by atoms with Crippen molar-refractivity contribution in [1.82, 2.24) is 0 Å². The maximum absolute atomic E-state index is 6.19. The molecule has 2 aromatic carbocycles. The van der Waals surface area contributed by atoms with Gasteiger partial charge in [0.25, 0.3) is 0 Å². The number of para-hydroxylation sites is 1. The van der Waals surface area contributed by atoms with Gasteiger partial charge in [0, 0.05) is 10.5 Å². The number of halogens is 1. The van der Waals surface area contributed by atoms with Crippen LogP contribution in [0.2, 0.25) is 0 Å². The number of hydrogen-bond acceptors (Lipinski definition) is 3. The van der Waals surface area contributed by atoms with Gasteiger partial charge >= 0.3 is 0 Å². The number of methoxy groups -OCH3 is 1. The molecule has 3 nitrogen and oxygen atoms in total. The summed E-state index contributed by atoms with van der Waals surface area (Å²) in [6, 6.07) is 15.8. The molecule has 1 atom stereocenters. The van der Waals surface area contributed by atoms with Crippen LogP contribution in [0.1, 0.15) is 12.0 Å². The normalized spacial score (nSPS) is 12.0. The Balaban J connectivity index is 1.83. The summed E-state index contributed by atoms with van der Waals surface area (Å²) in [6.07, 6.45) is 1.59. The minimum absolute atomic E-state index is 0.0529. The van der Waals surface area contributed by atoms with Gasteiger partial charge in [0.05, 0.1) is 13.7 Å². The molecular weight excluding hydrogens is 330 g/mol. The summed E-state index contributed by atoms with van der Waals surface area (Å²) in [5.74, 6) is 1.73. The molecule has 1 unspecified atom stereocenters. The molecule has 0 aliphatic carbocycles. The zero-order valence-electron chi connectivity index (χ0n) is 12.1. The van der Waals surface area contributed by atoms with Gasteiger partial charge in [-0.1, -0.05) is 34.1 Å². The Kier molecular flexibility index (Phi) is 6.08. The van der Waals surface area contributed by atoms with Crippen molar-refractivity contribution in [3.05, 3.63) is 58.6 Å². The standard InChI is InChI=1S/C17H20BrNO2/c1-20-16-7-8-17(18)13(12-16)11-14(19)9-10-21-15-5-3-2-4-6-15/h2-8,12,14H,9-11,19H2,1H3. The molecule has 4 heteroatoms. The summed E-state index contributed by atoms with van der Waals surface area (Å²) >= 11 is 3.55. The van der Waals surface area contributed by atoms with E-state index in [1.165, 1.54) is 0 Å². The molecule has 2 N–H and O–H groups in total. The Hall–Kier alpha value is -1.52. The van der Waals surface area contributed by atoms with Gasteiger partial charge in [0.2, 0.25) is 0 Å². The average molecular weight is 350 g/mol. The van der Waals surface area contributed by atoms with Gasteiger partial charge in [-0.3, -0.25) is 0 Å². The van der Waals surface area contributed by atoms with Gasteiger partial charge in [-0.05, 0) is 48.7 Å². The molecule has 0 radical (unpaired) electrons. The summed E-state index contributed by atoms with van der Waals surface area (Å²) in [6.45, 7) is 0.618. The molecule has 21 heavy (non-hydrogen) atoms. The maximum Gasteiger partial charge on any atom is 0.119 e. The lowest BCUT2D eigenvalue weighted by Crippen LogP contribution is -2.25.